The Hall–Kier alpha value is -2.30. The average molecular weight is 370 g/mol. The van der Waals surface area contributed by atoms with Gasteiger partial charge in [-0.25, -0.2) is 0 Å². The van der Waals surface area contributed by atoms with Crippen molar-refractivity contribution in [3.8, 4) is 0 Å². The van der Waals surface area contributed by atoms with Crippen LogP contribution in [0, 0.1) is 19.8 Å². The normalized spacial score (nSPS) is 13.1. The zero-order valence-corrected chi connectivity index (χ0v) is 17.9. The number of hydrogen-bond acceptors (Lipinski definition) is 2. The fourth-order valence-corrected chi connectivity index (χ4v) is 3.38. The van der Waals surface area contributed by atoms with Gasteiger partial charge in [0.25, 0.3) is 0 Å². The second-order valence-electron chi connectivity index (χ2n) is 7.73. The van der Waals surface area contributed by atoms with E-state index in [1.165, 1.54) is 22.4 Å². The molecule has 0 saturated heterocycles. The summed E-state index contributed by atoms with van der Waals surface area (Å²) in [6.45, 7) is 11.7. The Labute approximate surface area is 164 Å². The Morgan fingerprint density at radius 3 is 2.33 bits per heavy atom. The highest BCUT2D eigenvalue weighted by atomic mass is 15.3. The molecule has 0 aliphatic rings. The van der Waals surface area contributed by atoms with Crippen molar-refractivity contribution in [3.63, 3.8) is 0 Å². The van der Waals surface area contributed by atoms with Gasteiger partial charge in [-0.3, -0.25) is 9.67 Å². The maximum Gasteiger partial charge on any atom is 0.191 e. The largest absolute Gasteiger partial charge is 0.356 e. The zero-order valence-electron chi connectivity index (χ0n) is 17.9. The Balaban J connectivity index is 1.88. The van der Waals surface area contributed by atoms with Crippen molar-refractivity contribution in [1.82, 2.24) is 20.4 Å². The molecule has 0 fully saturated rings. The molecule has 2 aromatic rings. The summed E-state index contributed by atoms with van der Waals surface area (Å²) in [6, 6.07) is 9.09. The van der Waals surface area contributed by atoms with Crippen molar-refractivity contribution in [2.45, 2.75) is 53.5 Å². The zero-order chi connectivity index (χ0) is 20.0. The number of rotatable bonds is 7. The molecular formula is C22H35N5. The Morgan fingerprint density at radius 1 is 1.15 bits per heavy atom. The number of aryl methyl sites for hydroxylation is 2. The van der Waals surface area contributed by atoms with Crippen molar-refractivity contribution in [3.05, 3.63) is 52.3 Å². The van der Waals surface area contributed by atoms with Crippen LogP contribution in [0.15, 0.2) is 29.3 Å². The van der Waals surface area contributed by atoms with Gasteiger partial charge < -0.3 is 10.6 Å². The van der Waals surface area contributed by atoms with E-state index in [1.54, 1.807) is 0 Å². The second kappa shape index (κ2) is 9.58. The molecule has 1 unspecified atom stereocenters. The highest BCUT2D eigenvalue weighted by Crippen LogP contribution is 2.16. The lowest BCUT2D eigenvalue weighted by Crippen LogP contribution is -2.39. The van der Waals surface area contributed by atoms with E-state index < -0.39 is 0 Å². The van der Waals surface area contributed by atoms with Gasteiger partial charge in [0.2, 0.25) is 0 Å². The highest BCUT2D eigenvalue weighted by Gasteiger charge is 2.11. The topological polar surface area (TPSA) is 54.2 Å². The summed E-state index contributed by atoms with van der Waals surface area (Å²) in [5, 5.41) is 11.4. The summed E-state index contributed by atoms with van der Waals surface area (Å²) in [5.41, 5.74) is 6.31. The molecule has 2 N–H and O–H groups in total. The van der Waals surface area contributed by atoms with Gasteiger partial charge in [0.1, 0.15) is 0 Å². The standard InChI is InChI=1S/C22H35N5/c1-15(2)14-19-8-10-20(11-9-19)16(3)25-22(23-6)24-13-12-21-17(4)26-27(7)18(21)5/h8-11,15-16H,12-14H2,1-7H3,(H2,23,24,25). The number of aromatic nitrogens is 2. The van der Waals surface area contributed by atoms with E-state index in [9.17, 15) is 0 Å². The Bertz CT molecular complexity index is 756. The second-order valence-corrected chi connectivity index (χ2v) is 7.73. The van der Waals surface area contributed by atoms with E-state index in [-0.39, 0.29) is 6.04 Å². The summed E-state index contributed by atoms with van der Waals surface area (Å²) in [4.78, 5) is 4.37. The maximum atomic E-state index is 4.48. The highest BCUT2D eigenvalue weighted by molar-refractivity contribution is 5.80. The van der Waals surface area contributed by atoms with Gasteiger partial charge in [0, 0.05) is 26.3 Å². The van der Waals surface area contributed by atoms with E-state index in [4.69, 9.17) is 0 Å². The van der Waals surface area contributed by atoms with Gasteiger partial charge in [-0.15, -0.1) is 0 Å². The van der Waals surface area contributed by atoms with Crippen molar-refractivity contribution < 1.29 is 0 Å². The van der Waals surface area contributed by atoms with Gasteiger partial charge in [0.05, 0.1) is 11.7 Å². The first-order valence-electron chi connectivity index (χ1n) is 9.86. The SMILES string of the molecule is CN=C(NCCc1c(C)nn(C)c1C)NC(C)c1ccc(CC(C)C)cc1. The van der Waals surface area contributed by atoms with E-state index >= 15 is 0 Å². The number of nitrogens with zero attached hydrogens (tertiary/aromatic N) is 3. The van der Waals surface area contributed by atoms with Crippen LogP contribution in [-0.4, -0.2) is 29.3 Å². The molecule has 1 atom stereocenters. The van der Waals surface area contributed by atoms with Crippen LogP contribution in [0.4, 0.5) is 0 Å². The molecule has 5 heteroatoms. The number of hydrogen-bond donors (Lipinski definition) is 2. The number of nitrogens with one attached hydrogen (secondary N) is 2. The van der Waals surface area contributed by atoms with Gasteiger partial charge in [-0.2, -0.15) is 5.10 Å². The van der Waals surface area contributed by atoms with Gasteiger partial charge in [-0.05, 0) is 56.2 Å². The van der Waals surface area contributed by atoms with Crippen LogP contribution in [0.25, 0.3) is 0 Å². The molecule has 2 rings (SSSR count). The van der Waals surface area contributed by atoms with Gasteiger partial charge in [-0.1, -0.05) is 38.1 Å². The molecule has 0 amide bonds. The molecule has 5 nitrogen and oxygen atoms in total. The lowest BCUT2D eigenvalue weighted by molar-refractivity contribution is 0.645. The van der Waals surface area contributed by atoms with Crippen LogP contribution in [0.1, 0.15) is 54.9 Å². The fourth-order valence-electron chi connectivity index (χ4n) is 3.38. The monoisotopic (exact) mass is 369 g/mol. The molecule has 0 aliphatic carbocycles. The third-order valence-electron chi connectivity index (χ3n) is 5.03. The van der Waals surface area contributed by atoms with Crippen LogP contribution in [0.3, 0.4) is 0 Å². The minimum Gasteiger partial charge on any atom is -0.356 e. The average Bonchev–Trinajstić information content (AvgIpc) is 2.86. The fraction of sp³-hybridized carbons (Fsp3) is 0.545. The van der Waals surface area contributed by atoms with Crippen LogP contribution in [-0.2, 0) is 19.9 Å². The molecule has 1 aromatic carbocycles. The summed E-state index contributed by atoms with van der Waals surface area (Å²) < 4.78 is 1.95. The molecule has 0 bridgehead atoms. The van der Waals surface area contributed by atoms with E-state index in [2.05, 4.69) is 79.6 Å². The summed E-state index contributed by atoms with van der Waals surface area (Å²) in [5.74, 6) is 1.51. The third kappa shape index (κ3) is 5.84. The number of guanidine groups is 1. The maximum absolute atomic E-state index is 4.48. The van der Waals surface area contributed by atoms with Crippen LogP contribution in [0.5, 0.6) is 0 Å². The van der Waals surface area contributed by atoms with Crippen molar-refractivity contribution >= 4 is 5.96 Å². The lowest BCUT2D eigenvalue weighted by Gasteiger charge is -2.19. The predicted molar refractivity (Wildman–Crippen MR) is 114 cm³/mol. The molecule has 27 heavy (non-hydrogen) atoms. The van der Waals surface area contributed by atoms with Crippen molar-refractivity contribution in [1.29, 1.82) is 0 Å². The summed E-state index contributed by atoms with van der Waals surface area (Å²) in [6.07, 6.45) is 2.06. The molecule has 0 radical (unpaired) electrons. The Kier molecular flexibility index (Phi) is 7.45. The molecular weight excluding hydrogens is 334 g/mol. The van der Waals surface area contributed by atoms with Crippen LogP contribution in [0.2, 0.25) is 0 Å². The van der Waals surface area contributed by atoms with E-state index in [0.717, 1.165) is 31.0 Å². The quantitative estimate of drug-likeness (QED) is 0.578. The summed E-state index contributed by atoms with van der Waals surface area (Å²) in [7, 11) is 3.81. The minimum atomic E-state index is 0.200. The number of aliphatic imine (C=N–C) groups is 1. The molecule has 0 spiro atoms. The van der Waals surface area contributed by atoms with Crippen LogP contribution < -0.4 is 10.6 Å². The van der Waals surface area contributed by atoms with Crippen molar-refractivity contribution in [2.75, 3.05) is 13.6 Å². The first-order chi connectivity index (χ1) is 12.8. The minimum absolute atomic E-state index is 0.200. The third-order valence-corrected chi connectivity index (χ3v) is 5.03. The Morgan fingerprint density at radius 2 is 1.81 bits per heavy atom. The molecule has 0 saturated carbocycles. The predicted octanol–water partition coefficient (Wildman–Crippen LogP) is 3.70. The molecule has 1 aromatic heterocycles. The van der Waals surface area contributed by atoms with Crippen LogP contribution >= 0.6 is 0 Å². The molecule has 0 aliphatic heterocycles. The van der Waals surface area contributed by atoms with Gasteiger partial charge >= 0.3 is 0 Å². The number of benzene rings is 1. The van der Waals surface area contributed by atoms with E-state index in [1.807, 2.05) is 18.8 Å². The van der Waals surface area contributed by atoms with E-state index in [0.29, 0.717) is 5.92 Å². The molecule has 1 heterocycles. The van der Waals surface area contributed by atoms with Gasteiger partial charge in [0.15, 0.2) is 5.96 Å². The smallest absolute Gasteiger partial charge is 0.191 e. The first-order valence-corrected chi connectivity index (χ1v) is 9.86. The lowest BCUT2D eigenvalue weighted by atomic mass is 10.00. The summed E-state index contributed by atoms with van der Waals surface area (Å²) >= 11 is 0. The first kappa shape index (κ1) is 21.0. The van der Waals surface area contributed by atoms with Crippen molar-refractivity contribution in [2.24, 2.45) is 18.0 Å². The molecule has 148 valence electrons.